The molecule has 0 aliphatic carbocycles. The van der Waals surface area contributed by atoms with Crippen molar-refractivity contribution in [3.8, 4) is 11.5 Å². The number of imide groups is 1. The molecule has 1 saturated heterocycles. The van der Waals surface area contributed by atoms with Crippen LogP contribution in [0.15, 0.2) is 41.3 Å². The Balaban J connectivity index is 1.86. The van der Waals surface area contributed by atoms with Gasteiger partial charge in [-0.3, -0.25) is 14.5 Å². The second kappa shape index (κ2) is 9.77. The second-order valence-corrected chi connectivity index (χ2v) is 8.66. The molecule has 2 aromatic carbocycles. The van der Waals surface area contributed by atoms with Crippen molar-refractivity contribution in [2.75, 3.05) is 6.61 Å². The summed E-state index contributed by atoms with van der Waals surface area (Å²) in [6.45, 7) is 6.28. The van der Waals surface area contributed by atoms with Crippen molar-refractivity contribution in [2.24, 2.45) is 0 Å². The zero-order valence-electron chi connectivity index (χ0n) is 16.8. The summed E-state index contributed by atoms with van der Waals surface area (Å²) >= 11 is 13.2. The molecule has 0 unspecified atom stereocenters. The number of carbonyl (C=O) groups excluding carboxylic acids is 2. The number of ether oxygens (including phenoxy) is 2. The highest BCUT2D eigenvalue weighted by Gasteiger charge is 2.35. The Kier molecular flexibility index (Phi) is 7.34. The summed E-state index contributed by atoms with van der Waals surface area (Å²) in [4.78, 5) is 26.7. The summed E-state index contributed by atoms with van der Waals surface area (Å²) in [5.41, 5.74) is 1.47. The number of rotatable bonds is 7. The molecule has 2 amide bonds. The van der Waals surface area contributed by atoms with Crippen LogP contribution in [0.5, 0.6) is 11.5 Å². The lowest BCUT2D eigenvalue weighted by molar-refractivity contribution is -0.123. The van der Waals surface area contributed by atoms with Crippen molar-refractivity contribution in [1.82, 2.24) is 4.90 Å². The molecule has 0 saturated carbocycles. The standard InChI is InChI=1S/C22H21Cl2NO4S/c1-4-28-18-10-15(9-17(24)20(18)29-13(2)3)11-19-21(26)25(22(27)30-19)12-14-5-7-16(23)8-6-14/h5-11,13H,4,12H2,1-3H3/b19-11+. The number of nitrogens with zero attached hydrogens (tertiary/aromatic N) is 1. The van der Waals surface area contributed by atoms with E-state index in [-0.39, 0.29) is 23.8 Å². The van der Waals surface area contributed by atoms with Crippen molar-refractivity contribution >= 4 is 52.2 Å². The normalized spacial score (nSPS) is 15.4. The molecule has 5 nitrogen and oxygen atoms in total. The van der Waals surface area contributed by atoms with Crippen LogP contribution in [0.2, 0.25) is 10.0 Å². The average Bonchev–Trinajstić information content (AvgIpc) is 2.93. The minimum atomic E-state index is -0.350. The van der Waals surface area contributed by atoms with Crippen LogP contribution in [0.3, 0.4) is 0 Å². The predicted octanol–water partition coefficient (Wildman–Crippen LogP) is 6.42. The van der Waals surface area contributed by atoms with Crippen LogP contribution in [0.4, 0.5) is 4.79 Å². The molecule has 30 heavy (non-hydrogen) atoms. The average molecular weight is 466 g/mol. The van der Waals surface area contributed by atoms with Crippen LogP contribution in [0, 0.1) is 0 Å². The Hall–Kier alpha value is -2.15. The van der Waals surface area contributed by atoms with E-state index in [1.165, 1.54) is 4.90 Å². The maximum Gasteiger partial charge on any atom is 0.293 e. The predicted molar refractivity (Wildman–Crippen MR) is 121 cm³/mol. The molecule has 158 valence electrons. The van der Waals surface area contributed by atoms with E-state index in [2.05, 4.69) is 0 Å². The highest BCUT2D eigenvalue weighted by Crippen LogP contribution is 2.39. The third-order valence-corrected chi connectivity index (χ3v) is 5.55. The van der Waals surface area contributed by atoms with Gasteiger partial charge in [-0.2, -0.15) is 0 Å². The van der Waals surface area contributed by atoms with Crippen molar-refractivity contribution in [3.05, 3.63) is 62.5 Å². The smallest absolute Gasteiger partial charge is 0.293 e. The van der Waals surface area contributed by atoms with E-state index in [1.54, 1.807) is 42.5 Å². The molecule has 0 bridgehead atoms. The summed E-state index contributed by atoms with van der Waals surface area (Å²) in [6.07, 6.45) is 1.57. The molecule has 1 aliphatic rings. The van der Waals surface area contributed by atoms with Gasteiger partial charge in [-0.25, -0.2) is 0 Å². The minimum absolute atomic E-state index is 0.0723. The maximum atomic E-state index is 12.8. The molecule has 2 aromatic rings. The lowest BCUT2D eigenvalue weighted by Gasteiger charge is -2.16. The van der Waals surface area contributed by atoms with Gasteiger partial charge in [-0.05, 0) is 74.0 Å². The number of thioether (sulfide) groups is 1. The van der Waals surface area contributed by atoms with E-state index in [4.69, 9.17) is 32.7 Å². The van der Waals surface area contributed by atoms with Crippen LogP contribution < -0.4 is 9.47 Å². The first-order chi connectivity index (χ1) is 14.3. The molecule has 1 aliphatic heterocycles. The highest BCUT2D eigenvalue weighted by molar-refractivity contribution is 8.18. The van der Waals surface area contributed by atoms with Crippen molar-refractivity contribution in [1.29, 1.82) is 0 Å². The molecular weight excluding hydrogens is 445 g/mol. The summed E-state index contributed by atoms with van der Waals surface area (Å²) < 4.78 is 11.4. The Bertz CT molecular complexity index is 989. The van der Waals surface area contributed by atoms with Crippen LogP contribution in [0.1, 0.15) is 31.9 Å². The molecule has 0 atom stereocenters. The van der Waals surface area contributed by atoms with E-state index >= 15 is 0 Å². The van der Waals surface area contributed by atoms with Gasteiger partial charge in [0.05, 0.1) is 29.2 Å². The molecule has 0 radical (unpaired) electrons. The van der Waals surface area contributed by atoms with E-state index in [0.29, 0.717) is 38.6 Å². The lowest BCUT2D eigenvalue weighted by atomic mass is 10.1. The molecule has 0 N–H and O–H groups in total. The topological polar surface area (TPSA) is 55.8 Å². The van der Waals surface area contributed by atoms with Gasteiger partial charge in [0.1, 0.15) is 0 Å². The summed E-state index contributed by atoms with van der Waals surface area (Å²) in [5, 5.41) is 0.651. The fraction of sp³-hybridized carbons (Fsp3) is 0.273. The van der Waals surface area contributed by atoms with Gasteiger partial charge in [0.25, 0.3) is 11.1 Å². The SMILES string of the molecule is CCOc1cc(/C=C2/SC(=O)N(Cc3ccc(Cl)cc3)C2=O)cc(Cl)c1OC(C)C. The first-order valence-corrected chi connectivity index (χ1v) is 11.0. The second-order valence-electron chi connectivity index (χ2n) is 6.82. The van der Waals surface area contributed by atoms with E-state index in [1.807, 2.05) is 20.8 Å². The zero-order valence-corrected chi connectivity index (χ0v) is 19.1. The molecule has 8 heteroatoms. The summed E-state index contributed by atoms with van der Waals surface area (Å²) in [5.74, 6) is 0.600. The van der Waals surface area contributed by atoms with Gasteiger partial charge in [-0.1, -0.05) is 35.3 Å². The van der Waals surface area contributed by atoms with Crippen molar-refractivity contribution in [3.63, 3.8) is 0 Å². The Morgan fingerprint density at radius 2 is 1.83 bits per heavy atom. The van der Waals surface area contributed by atoms with Crippen molar-refractivity contribution in [2.45, 2.75) is 33.4 Å². The van der Waals surface area contributed by atoms with Crippen LogP contribution >= 0.6 is 35.0 Å². The summed E-state index contributed by atoms with van der Waals surface area (Å²) in [6, 6.07) is 10.5. The quantitative estimate of drug-likeness (QED) is 0.441. The first-order valence-electron chi connectivity index (χ1n) is 9.41. The maximum absolute atomic E-state index is 12.8. The minimum Gasteiger partial charge on any atom is -0.490 e. The van der Waals surface area contributed by atoms with Gasteiger partial charge in [-0.15, -0.1) is 0 Å². The molecular formula is C22H21Cl2NO4S. The number of carbonyl (C=O) groups is 2. The fourth-order valence-corrected chi connectivity index (χ4v) is 4.07. The molecule has 3 rings (SSSR count). The van der Waals surface area contributed by atoms with Crippen LogP contribution in [0.25, 0.3) is 6.08 Å². The van der Waals surface area contributed by atoms with Gasteiger partial charge in [0.2, 0.25) is 0 Å². The molecule has 1 fully saturated rings. The van der Waals surface area contributed by atoms with Gasteiger partial charge in [0.15, 0.2) is 11.5 Å². The van der Waals surface area contributed by atoms with Crippen LogP contribution in [-0.4, -0.2) is 28.8 Å². The third kappa shape index (κ3) is 5.31. The first kappa shape index (κ1) is 22.5. The Morgan fingerprint density at radius 1 is 1.13 bits per heavy atom. The van der Waals surface area contributed by atoms with Gasteiger partial charge < -0.3 is 9.47 Å². The molecule has 0 spiro atoms. The van der Waals surface area contributed by atoms with Gasteiger partial charge in [0, 0.05) is 5.02 Å². The highest BCUT2D eigenvalue weighted by atomic mass is 35.5. The fourth-order valence-electron chi connectivity index (χ4n) is 2.84. The van der Waals surface area contributed by atoms with E-state index in [0.717, 1.165) is 17.3 Å². The molecule has 0 aromatic heterocycles. The van der Waals surface area contributed by atoms with Crippen molar-refractivity contribution < 1.29 is 19.1 Å². The molecule has 1 heterocycles. The number of halogens is 2. The summed E-state index contributed by atoms with van der Waals surface area (Å²) in [7, 11) is 0. The Morgan fingerprint density at radius 3 is 2.47 bits per heavy atom. The number of hydrogen-bond acceptors (Lipinski definition) is 5. The van der Waals surface area contributed by atoms with E-state index in [9.17, 15) is 9.59 Å². The number of hydrogen-bond donors (Lipinski definition) is 0. The zero-order chi connectivity index (χ0) is 21.8. The van der Waals surface area contributed by atoms with Crippen LogP contribution in [-0.2, 0) is 11.3 Å². The monoisotopic (exact) mass is 465 g/mol. The number of amides is 2. The van der Waals surface area contributed by atoms with Gasteiger partial charge >= 0.3 is 0 Å². The largest absolute Gasteiger partial charge is 0.490 e. The van der Waals surface area contributed by atoms with E-state index < -0.39 is 0 Å². The number of benzene rings is 2. The lowest BCUT2D eigenvalue weighted by Crippen LogP contribution is -2.27. The Labute approximate surface area is 189 Å². The third-order valence-electron chi connectivity index (χ3n) is 4.11.